The number of likely N-dealkylation sites (tertiary alicyclic amines) is 1. The average Bonchev–Trinajstić information content (AvgIpc) is 3.03. The lowest BCUT2D eigenvalue weighted by Crippen LogP contribution is -2.35. The quantitative estimate of drug-likeness (QED) is 0.222. The van der Waals surface area contributed by atoms with Crippen molar-refractivity contribution in [1.29, 1.82) is 0 Å². The molecule has 1 N–H and O–H groups in total. The lowest BCUT2D eigenvalue weighted by Gasteiger charge is -2.26. The van der Waals surface area contributed by atoms with E-state index in [4.69, 9.17) is 4.74 Å². The van der Waals surface area contributed by atoms with Gasteiger partial charge >= 0.3 is 0 Å². The van der Waals surface area contributed by atoms with Crippen LogP contribution in [0, 0.1) is 6.92 Å². The van der Waals surface area contributed by atoms with E-state index < -0.39 is 17.7 Å². The number of carbonyl (C=O) groups excluding carboxylic acids is 2. The SMILES string of the molecule is CCCCOc1ccc(C(O)=C2C(=O)C(=O)N(CCN(C)C)[C@H]2c2ccc(Br)cc2)cc1C. The third kappa shape index (κ3) is 5.65. The molecule has 0 bridgehead atoms. The zero-order valence-corrected chi connectivity index (χ0v) is 21.2. The topological polar surface area (TPSA) is 70.1 Å². The van der Waals surface area contributed by atoms with E-state index in [0.717, 1.165) is 34.2 Å². The number of halogens is 1. The number of unbranched alkanes of at least 4 members (excludes halogenated alkanes) is 1. The Morgan fingerprint density at radius 1 is 1.15 bits per heavy atom. The van der Waals surface area contributed by atoms with Gasteiger partial charge in [-0.2, -0.15) is 0 Å². The van der Waals surface area contributed by atoms with Gasteiger partial charge in [0.1, 0.15) is 11.5 Å². The summed E-state index contributed by atoms with van der Waals surface area (Å²) in [5.41, 5.74) is 2.23. The number of likely N-dealkylation sites (N-methyl/N-ethyl adjacent to an activating group) is 1. The molecule has 1 aliphatic rings. The highest BCUT2D eigenvalue weighted by Crippen LogP contribution is 2.40. The Hall–Kier alpha value is -2.64. The lowest BCUT2D eigenvalue weighted by molar-refractivity contribution is -0.140. The number of benzene rings is 2. The zero-order chi connectivity index (χ0) is 24.1. The first-order valence-corrected chi connectivity index (χ1v) is 12.0. The van der Waals surface area contributed by atoms with Crippen molar-refractivity contribution in [2.24, 2.45) is 0 Å². The van der Waals surface area contributed by atoms with Crippen LogP contribution in [0.15, 0.2) is 52.5 Å². The van der Waals surface area contributed by atoms with E-state index in [1.54, 1.807) is 23.1 Å². The molecule has 0 saturated carbocycles. The number of hydrogen-bond acceptors (Lipinski definition) is 5. The van der Waals surface area contributed by atoms with E-state index in [1.165, 1.54) is 0 Å². The van der Waals surface area contributed by atoms with Crippen LogP contribution in [0.1, 0.15) is 42.5 Å². The smallest absolute Gasteiger partial charge is 0.295 e. The van der Waals surface area contributed by atoms with Crippen LogP contribution >= 0.6 is 15.9 Å². The molecular formula is C26H31BrN2O4. The molecule has 1 atom stereocenters. The van der Waals surface area contributed by atoms with Gasteiger partial charge in [0.25, 0.3) is 11.7 Å². The number of hydrogen-bond donors (Lipinski definition) is 1. The number of Topliss-reactive ketones (excluding diaryl/α,β-unsaturated/α-hetero) is 1. The normalized spacial score (nSPS) is 17.8. The van der Waals surface area contributed by atoms with Crippen LogP contribution in [0.2, 0.25) is 0 Å². The minimum Gasteiger partial charge on any atom is -0.507 e. The molecule has 2 aromatic rings. The third-order valence-corrected chi connectivity index (χ3v) is 6.25. The van der Waals surface area contributed by atoms with Crippen molar-refractivity contribution in [1.82, 2.24) is 9.80 Å². The maximum absolute atomic E-state index is 13.1. The number of carbonyl (C=O) groups is 2. The van der Waals surface area contributed by atoms with Crippen molar-refractivity contribution in [3.8, 4) is 5.75 Å². The predicted molar refractivity (Wildman–Crippen MR) is 133 cm³/mol. The molecule has 2 aromatic carbocycles. The Morgan fingerprint density at radius 3 is 2.45 bits per heavy atom. The van der Waals surface area contributed by atoms with Crippen LogP contribution in [-0.2, 0) is 9.59 Å². The highest BCUT2D eigenvalue weighted by atomic mass is 79.9. The maximum atomic E-state index is 13.1. The Kier molecular flexibility index (Phi) is 8.32. The Morgan fingerprint density at radius 2 is 1.85 bits per heavy atom. The highest BCUT2D eigenvalue weighted by molar-refractivity contribution is 9.10. The number of amides is 1. The number of ether oxygens (including phenoxy) is 1. The second kappa shape index (κ2) is 11.0. The Labute approximate surface area is 204 Å². The number of ketones is 1. The fourth-order valence-corrected chi connectivity index (χ4v) is 4.11. The molecule has 0 aromatic heterocycles. The van der Waals surface area contributed by atoms with Gasteiger partial charge in [-0.15, -0.1) is 0 Å². The molecule has 0 aliphatic carbocycles. The molecule has 0 spiro atoms. The molecule has 3 rings (SSSR count). The van der Waals surface area contributed by atoms with Crippen molar-refractivity contribution in [3.63, 3.8) is 0 Å². The van der Waals surface area contributed by atoms with Gasteiger partial charge < -0.3 is 19.6 Å². The summed E-state index contributed by atoms with van der Waals surface area (Å²) in [6.07, 6.45) is 2.01. The molecule has 6 nitrogen and oxygen atoms in total. The van der Waals surface area contributed by atoms with E-state index in [2.05, 4.69) is 22.9 Å². The molecular weight excluding hydrogens is 484 g/mol. The molecule has 0 unspecified atom stereocenters. The van der Waals surface area contributed by atoms with Gasteiger partial charge in [-0.25, -0.2) is 0 Å². The van der Waals surface area contributed by atoms with Crippen LogP contribution in [0.25, 0.3) is 5.76 Å². The maximum Gasteiger partial charge on any atom is 0.295 e. The standard InChI is InChI=1S/C26H31BrN2O4/c1-5-6-15-33-21-12-9-19(16-17(21)2)24(30)22-23(18-7-10-20(27)11-8-18)29(14-13-28(3)4)26(32)25(22)31/h7-12,16,23,30H,5-6,13-15H2,1-4H3/t23-/m0/s1. The van der Waals surface area contributed by atoms with Crippen LogP contribution in [0.3, 0.4) is 0 Å². The molecule has 7 heteroatoms. The zero-order valence-electron chi connectivity index (χ0n) is 19.6. The fourth-order valence-electron chi connectivity index (χ4n) is 3.85. The molecule has 1 saturated heterocycles. The van der Waals surface area contributed by atoms with Crippen LogP contribution in [0.4, 0.5) is 0 Å². The summed E-state index contributed by atoms with van der Waals surface area (Å²) in [6.45, 7) is 5.61. The van der Waals surface area contributed by atoms with E-state index in [1.807, 2.05) is 50.2 Å². The van der Waals surface area contributed by atoms with Gasteiger partial charge in [-0.3, -0.25) is 9.59 Å². The first-order chi connectivity index (χ1) is 15.7. The summed E-state index contributed by atoms with van der Waals surface area (Å²) in [7, 11) is 3.83. The molecule has 1 heterocycles. The van der Waals surface area contributed by atoms with Gasteiger partial charge in [0.05, 0.1) is 18.2 Å². The second-order valence-electron chi connectivity index (χ2n) is 8.53. The molecule has 176 valence electrons. The number of aryl methyl sites for hydroxylation is 1. The largest absolute Gasteiger partial charge is 0.507 e. The number of rotatable bonds is 9. The fraction of sp³-hybridized carbons (Fsp3) is 0.385. The summed E-state index contributed by atoms with van der Waals surface area (Å²) in [6, 6.07) is 12.1. The van der Waals surface area contributed by atoms with E-state index >= 15 is 0 Å². The lowest BCUT2D eigenvalue weighted by atomic mass is 9.95. The first kappa shape index (κ1) is 25.0. The minimum atomic E-state index is -0.667. The molecule has 1 amide bonds. The number of aliphatic hydroxyl groups excluding tert-OH is 1. The second-order valence-corrected chi connectivity index (χ2v) is 9.45. The monoisotopic (exact) mass is 514 g/mol. The van der Waals surface area contributed by atoms with E-state index in [0.29, 0.717) is 25.3 Å². The molecule has 0 radical (unpaired) electrons. The van der Waals surface area contributed by atoms with Crippen molar-refractivity contribution >= 4 is 33.4 Å². The van der Waals surface area contributed by atoms with Crippen LogP contribution in [0.5, 0.6) is 5.75 Å². The van der Waals surface area contributed by atoms with Gasteiger partial charge in [-0.05, 0) is 68.9 Å². The molecule has 33 heavy (non-hydrogen) atoms. The van der Waals surface area contributed by atoms with Crippen molar-refractivity contribution in [2.45, 2.75) is 32.7 Å². The summed E-state index contributed by atoms with van der Waals surface area (Å²) in [5, 5.41) is 11.2. The van der Waals surface area contributed by atoms with Gasteiger partial charge in [-0.1, -0.05) is 41.4 Å². The summed E-state index contributed by atoms with van der Waals surface area (Å²) >= 11 is 3.43. The van der Waals surface area contributed by atoms with Crippen molar-refractivity contribution < 1.29 is 19.4 Å². The van der Waals surface area contributed by atoms with Gasteiger partial charge in [0.2, 0.25) is 0 Å². The minimum absolute atomic E-state index is 0.111. The highest BCUT2D eigenvalue weighted by Gasteiger charge is 2.45. The molecule has 1 aliphatic heterocycles. The van der Waals surface area contributed by atoms with Crippen LogP contribution < -0.4 is 4.74 Å². The van der Waals surface area contributed by atoms with Crippen molar-refractivity contribution in [3.05, 3.63) is 69.2 Å². The average molecular weight is 515 g/mol. The summed E-state index contributed by atoms with van der Waals surface area (Å²) < 4.78 is 6.71. The third-order valence-electron chi connectivity index (χ3n) is 5.72. The Balaban J connectivity index is 2.04. The summed E-state index contributed by atoms with van der Waals surface area (Å²) in [5.74, 6) is -0.685. The van der Waals surface area contributed by atoms with Gasteiger partial charge in [0.15, 0.2) is 0 Å². The van der Waals surface area contributed by atoms with E-state index in [-0.39, 0.29) is 11.3 Å². The Bertz CT molecular complexity index is 1050. The first-order valence-electron chi connectivity index (χ1n) is 11.2. The predicted octanol–water partition coefficient (Wildman–Crippen LogP) is 4.92. The summed E-state index contributed by atoms with van der Waals surface area (Å²) in [4.78, 5) is 29.6. The van der Waals surface area contributed by atoms with E-state index in [9.17, 15) is 14.7 Å². The number of aliphatic hydroxyl groups is 1. The van der Waals surface area contributed by atoms with Gasteiger partial charge in [0, 0.05) is 23.1 Å². The van der Waals surface area contributed by atoms with Crippen molar-refractivity contribution in [2.75, 3.05) is 33.8 Å². The van der Waals surface area contributed by atoms with Crippen LogP contribution in [-0.4, -0.2) is 60.4 Å². The molecule has 1 fully saturated rings. The number of nitrogens with zero attached hydrogens (tertiary/aromatic N) is 2.